The van der Waals surface area contributed by atoms with Crippen LogP contribution in [0.3, 0.4) is 0 Å². The second kappa shape index (κ2) is 9.64. The maximum Gasteiger partial charge on any atom is 0.422 e. The van der Waals surface area contributed by atoms with E-state index in [4.69, 9.17) is 11.6 Å². The van der Waals surface area contributed by atoms with Crippen molar-refractivity contribution < 1.29 is 27.5 Å². The minimum Gasteiger partial charge on any atom is -0.467 e. The number of nitrogens with zero attached hydrogens (tertiary/aromatic N) is 3. The maximum atomic E-state index is 12.4. The monoisotopic (exact) mass is 430 g/mol. The number of ketones is 1. The molecular weight excluding hydrogens is 413 g/mol. The number of amides is 1. The van der Waals surface area contributed by atoms with Gasteiger partial charge in [0.1, 0.15) is 22.8 Å². The Morgan fingerprint density at radius 2 is 1.97 bits per heavy atom. The van der Waals surface area contributed by atoms with E-state index in [9.17, 15) is 22.8 Å². The SMILES string of the molecule is CCC(=O)Cc1cc(C(=O)NC(C)c2cnc(OCC(F)(F)F)c(Cl)c2)ncn1. The zero-order valence-corrected chi connectivity index (χ0v) is 16.3. The molecule has 0 fully saturated rings. The fourth-order valence-electron chi connectivity index (χ4n) is 2.23. The quantitative estimate of drug-likeness (QED) is 0.689. The Morgan fingerprint density at radius 1 is 1.24 bits per heavy atom. The van der Waals surface area contributed by atoms with Gasteiger partial charge in [0, 0.05) is 19.0 Å². The van der Waals surface area contributed by atoms with E-state index < -0.39 is 24.7 Å². The molecule has 1 N–H and O–H groups in total. The standard InChI is InChI=1S/C18H18ClF3N4O3/c1-3-13(27)5-12-6-15(25-9-24-12)16(28)26-10(2)11-4-14(19)17(23-7-11)29-8-18(20,21)22/h4,6-7,9-10H,3,5,8H2,1-2H3,(H,26,28). The molecule has 0 radical (unpaired) electrons. The highest BCUT2D eigenvalue weighted by molar-refractivity contribution is 6.31. The van der Waals surface area contributed by atoms with Crippen LogP contribution in [0.25, 0.3) is 0 Å². The Bertz CT molecular complexity index is 893. The number of halogens is 4. The minimum atomic E-state index is -4.51. The van der Waals surface area contributed by atoms with Crippen LogP contribution in [0.4, 0.5) is 13.2 Å². The number of rotatable bonds is 8. The van der Waals surface area contributed by atoms with Gasteiger partial charge in [-0.3, -0.25) is 9.59 Å². The van der Waals surface area contributed by atoms with Gasteiger partial charge in [-0.2, -0.15) is 13.2 Å². The topological polar surface area (TPSA) is 94.1 Å². The lowest BCUT2D eigenvalue weighted by Gasteiger charge is -2.15. The lowest BCUT2D eigenvalue weighted by Crippen LogP contribution is -2.28. The van der Waals surface area contributed by atoms with E-state index in [0.29, 0.717) is 17.7 Å². The van der Waals surface area contributed by atoms with Crippen LogP contribution >= 0.6 is 11.6 Å². The van der Waals surface area contributed by atoms with E-state index in [1.54, 1.807) is 13.8 Å². The maximum absolute atomic E-state index is 12.4. The number of nitrogens with one attached hydrogen (secondary N) is 1. The molecule has 2 aromatic heterocycles. The molecule has 0 saturated heterocycles. The summed E-state index contributed by atoms with van der Waals surface area (Å²) in [5.41, 5.74) is 0.966. The van der Waals surface area contributed by atoms with Gasteiger partial charge in [-0.15, -0.1) is 0 Å². The summed E-state index contributed by atoms with van der Waals surface area (Å²) in [6, 6.07) is 2.21. The molecule has 7 nitrogen and oxygen atoms in total. The first-order chi connectivity index (χ1) is 13.6. The van der Waals surface area contributed by atoms with Gasteiger partial charge in [0.15, 0.2) is 6.61 Å². The second-order valence-corrected chi connectivity index (χ2v) is 6.53. The van der Waals surface area contributed by atoms with Gasteiger partial charge in [0.05, 0.1) is 11.7 Å². The summed E-state index contributed by atoms with van der Waals surface area (Å²) in [6.45, 7) is 1.86. The summed E-state index contributed by atoms with van der Waals surface area (Å²) >= 11 is 5.92. The predicted molar refractivity (Wildman–Crippen MR) is 97.7 cm³/mol. The Balaban J connectivity index is 2.05. The number of ether oxygens (including phenoxy) is 1. The van der Waals surface area contributed by atoms with E-state index in [1.807, 2.05) is 0 Å². The number of pyridine rings is 1. The molecule has 1 amide bonds. The highest BCUT2D eigenvalue weighted by atomic mass is 35.5. The highest BCUT2D eigenvalue weighted by Gasteiger charge is 2.29. The summed E-state index contributed by atoms with van der Waals surface area (Å²) in [6.07, 6.45) is -1.59. The summed E-state index contributed by atoms with van der Waals surface area (Å²) < 4.78 is 41.2. The van der Waals surface area contributed by atoms with E-state index in [-0.39, 0.29) is 28.8 Å². The predicted octanol–water partition coefficient (Wildman–Crippen LogP) is 3.48. The average molecular weight is 431 g/mol. The summed E-state index contributed by atoms with van der Waals surface area (Å²) in [7, 11) is 0. The van der Waals surface area contributed by atoms with Gasteiger partial charge < -0.3 is 10.1 Å². The van der Waals surface area contributed by atoms with Crippen LogP contribution in [0, 0.1) is 0 Å². The smallest absolute Gasteiger partial charge is 0.422 e. The van der Waals surface area contributed by atoms with E-state index >= 15 is 0 Å². The number of hydrogen-bond donors (Lipinski definition) is 1. The number of aromatic nitrogens is 3. The zero-order chi connectivity index (χ0) is 21.6. The van der Waals surface area contributed by atoms with Crippen molar-refractivity contribution in [2.24, 2.45) is 0 Å². The Morgan fingerprint density at radius 3 is 2.59 bits per heavy atom. The van der Waals surface area contributed by atoms with Crippen molar-refractivity contribution in [2.45, 2.75) is 38.9 Å². The van der Waals surface area contributed by atoms with Crippen LogP contribution in [0.5, 0.6) is 5.88 Å². The highest BCUT2D eigenvalue weighted by Crippen LogP contribution is 2.27. The molecule has 0 aliphatic heterocycles. The Labute approximate surface area is 169 Å². The number of Topliss-reactive ketones (excluding diaryl/α,β-unsaturated/α-hetero) is 1. The third-order valence-corrected chi connectivity index (χ3v) is 4.05. The largest absolute Gasteiger partial charge is 0.467 e. The number of hydrogen-bond acceptors (Lipinski definition) is 6. The number of carbonyl (C=O) groups is 2. The Kier molecular flexibility index (Phi) is 7.49. The van der Waals surface area contributed by atoms with E-state index in [2.05, 4.69) is 25.0 Å². The van der Waals surface area contributed by atoms with Crippen molar-refractivity contribution in [3.05, 3.63) is 46.6 Å². The van der Waals surface area contributed by atoms with Crippen LogP contribution in [-0.2, 0) is 11.2 Å². The molecule has 1 unspecified atom stereocenters. The molecule has 2 aromatic rings. The van der Waals surface area contributed by atoms with Gasteiger partial charge >= 0.3 is 6.18 Å². The van der Waals surface area contributed by atoms with Gasteiger partial charge in [-0.05, 0) is 24.6 Å². The van der Waals surface area contributed by atoms with Crippen LogP contribution in [-0.4, -0.2) is 39.4 Å². The van der Waals surface area contributed by atoms with Crippen LogP contribution in [0.2, 0.25) is 5.02 Å². The van der Waals surface area contributed by atoms with Crippen LogP contribution in [0.15, 0.2) is 24.7 Å². The van der Waals surface area contributed by atoms with Gasteiger partial charge in [0.2, 0.25) is 5.88 Å². The molecule has 0 aliphatic rings. The molecule has 0 bridgehead atoms. The van der Waals surface area contributed by atoms with Crippen molar-refractivity contribution in [2.75, 3.05) is 6.61 Å². The summed E-state index contributed by atoms with van der Waals surface area (Å²) in [5.74, 6) is -0.886. The first-order valence-electron chi connectivity index (χ1n) is 8.57. The molecule has 29 heavy (non-hydrogen) atoms. The molecule has 0 spiro atoms. The van der Waals surface area contributed by atoms with Gasteiger partial charge in [-0.25, -0.2) is 15.0 Å². The third-order valence-electron chi connectivity index (χ3n) is 3.78. The molecule has 11 heteroatoms. The van der Waals surface area contributed by atoms with E-state index in [1.165, 1.54) is 24.7 Å². The summed E-state index contributed by atoms with van der Waals surface area (Å²) in [5, 5.41) is 2.56. The molecule has 2 heterocycles. The fourth-order valence-corrected chi connectivity index (χ4v) is 2.46. The lowest BCUT2D eigenvalue weighted by molar-refractivity contribution is -0.154. The zero-order valence-electron chi connectivity index (χ0n) is 15.6. The van der Waals surface area contributed by atoms with Gasteiger partial charge in [-0.1, -0.05) is 18.5 Å². The third kappa shape index (κ3) is 6.97. The normalized spacial score (nSPS) is 12.3. The van der Waals surface area contributed by atoms with Crippen molar-refractivity contribution in [3.63, 3.8) is 0 Å². The Hall–Kier alpha value is -2.75. The number of alkyl halides is 3. The second-order valence-electron chi connectivity index (χ2n) is 6.12. The first kappa shape index (κ1) is 22.5. The molecule has 0 saturated carbocycles. The van der Waals surface area contributed by atoms with Crippen molar-refractivity contribution >= 4 is 23.3 Å². The first-order valence-corrected chi connectivity index (χ1v) is 8.95. The molecular formula is C18H18ClF3N4O3. The molecule has 2 rings (SSSR count). The number of carbonyl (C=O) groups excluding carboxylic acids is 2. The summed E-state index contributed by atoms with van der Waals surface area (Å²) in [4.78, 5) is 35.6. The average Bonchev–Trinajstić information content (AvgIpc) is 2.66. The van der Waals surface area contributed by atoms with Crippen molar-refractivity contribution in [3.8, 4) is 5.88 Å². The van der Waals surface area contributed by atoms with Crippen LogP contribution < -0.4 is 10.1 Å². The fraction of sp³-hybridized carbons (Fsp3) is 0.389. The molecule has 1 atom stereocenters. The van der Waals surface area contributed by atoms with Crippen molar-refractivity contribution in [1.29, 1.82) is 0 Å². The molecule has 0 aliphatic carbocycles. The molecule has 156 valence electrons. The lowest BCUT2D eigenvalue weighted by atomic mass is 10.1. The van der Waals surface area contributed by atoms with Gasteiger partial charge in [0.25, 0.3) is 5.91 Å². The molecule has 0 aromatic carbocycles. The minimum absolute atomic E-state index is 0.0167. The van der Waals surface area contributed by atoms with Crippen LogP contribution in [0.1, 0.15) is 48.1 Å². The van der Waals surface area contributed by atoms with Crippen molar-refractivity contribution in [1.82, 2.24) is 20.3 Å². The van der Waals surface area contributed by atoms with E-state index in [0.717, 1.165) is 0 Å².